The molecule has 4 rings (SSSR count). The van der Waals surface area contributed by atoms with Gasteiger partial charge in [-0.2, -0.15) is 0 Å². The minimum atomic E-state index is -0.511. The molecule has 0 radical (unpaired) electrons. The van der Waals surface area contributed by atoms with Crippen LogP contribution in [0.5, 0.6) is 0 Å². The standard InChI is InChI=1S/C24H27NO3S/c1-15(26)21-23(2,3)29-24(4,5)25(21)22(27)28-14-20-18-12-8-6-10-16(18)17-11-7-9-13-19(17)20/h6-13,20-21,26H,1,14H2,2-5H3/t21-/m1/s1. The molecule has 1 amide bonds. The number of carbonyl (C=O) groups excluding carboxylic acids is 1. The highest BCUT2D eigenvalue weighted by Crippen LogP contribution is 2.53. The molecular weight excluding hydrogens is 382 g/mol. The van der Waals surface area contributed by atoms with Gasteiger partial charge in [-0.3, -0.25) is 4.90 Å². The Hall–Kier alpha value is -2.40. The van der Waals surface area contributed by atoms with Crippen LogP contribution < -0.4 is 0 Å². The van der Waals surface area contributed by atoms with Crippen LogP contribution in [0.3, 0.4) is 0 Å². The lowest BCUT2D eigenvalue weighted by atomic mass is 9.98. The first kappa shape index (κ1) is 19.9. The number of thioether (sulfide) groups is 1. The smallest absolute Gasteiger partial charge is 0.411 e. The van der Waals surface area contributed by atoms with E-state index >= 15 is 0 Å². The Morgan fingerprint density at radius 1 is 1.07 bits per heavy atom. The number of benzene rings is 2. The maximum atomic E-state index is 13.2. The van der Waals surface area contributed by atoms with E-state index < -0.39 is 17.0 Å². The maximum absolute atomic E-state index is 13.2. The van der Waals surface area contributed by atoms with E-state index in [9.17, 15) is 9.90 Å². The minimum Gasteiger partial charge on any atom is -0.511 e. The fraction of sp³-hybridized carbons (Fsp3) is 0.375. The molecule has 1 heterocycles. The van der Waals surface area contributed by atoms with Gasteiger partial charge in [0.2, 0.25) is 0 Å². The number of aliphatic hydroxyl groups excluding tert-OH is 1. The molecular formula is C24H27NO3S. The van der Waals surface area contributed by atoms with Gasteiger partial charge in [-0.15, -0.1) is 11.8 Å². The molecule has 1 saturated heterocycles. The van der Waals surface area contributed by atoms with Crippen molar-refractivity contribution in [2.45, 2.75) is 49.3 Å². The molecule has 1 N–H and O–H groups in total. The van der Waals surface area contributed by atoms with Gasteiger partial charge in [0.25, 0.3) is 0 Å². The van der Waals surface area contributed by atoms with Crippen molar-refractivity contribution in [2.75, 3.05) is 6.61 Å². The summed E-state index contributed by atoms with van der Waals surface area (Å²) in [5.41, 5.74) is 4.76. The van der Waals surface area contributed by atoms with Crippen molar-refractivity contribution in [3.8, 4) is 11.1 Å². The number of carbonyl (C=O) groups is 1. The predicted octanol–water partition coefficient (Wildman–Crippen LogP) is 5.94. The van der Waals surface area contributed by atoms with Gasteiger partial charge in [-0.25, -0.2) is 4.79 Å². The van der Waals surface area contributed by atoms with Gasteiger partial charge in [-0.05, 0) is 49.9 Å². The van der Waals surface area contributed by atoms with Crippen molar-refractivity contribution in [3.05, 3.63) is 72.0 Å². The summed E-state index contributed by atoms with van der Waals surface area (Å²) >= 11 is 1.64. The van der Waals surface area contributed by atoms with Crippen LogP contribution in [0, 0.1) is 0 Å². The van der Waals surface area contributed by atoms with E-state index in [1.165, 1.54) is 22.3 Å². The topological polar surface area (TPSA) is 49.8 Å². The Kier molecular flexibility index (Phi) is 4.69. The van der Waals surface area contributed by atoms with Gasteiger partial charge in [0.15, 0.2) is 0 Å². The van der Waals surface area contributed by atoms with E-state index in [0.717, 1.165) is 0 Å². The third kappa shape index (κ3) is 3.21. The van der Waals surface area contributed by atoms with Gasteiger partial charge >= 0.3 is 6.09 Å². The lowest BCUT2D eigenvalue weighted by Crippen LogP contribution is -2.50. The number of amides is 1. The SMILES string of the molecule is C=C(O)[C@H]1N(C(=O)OCC2c3ccccc3-c3ccccc32)C(C)(C)SC1(C)C. The molecule has 2 aliphatic rings. The van der Waals surface area contributed by atoms with E-state index in [1.807, 2.05) is 52.0 Å². The molecule has 2 aromatic rings. The summed E-state index contributed by atoms with van der Waals surface area (Å²) in [6.07, 6.45) is -0.421. The van der Waals surface area contributed by atoms with Crippen LogP contribution >= 0.6 is 11.8 Å². The van der Waals surface area contributed by atoms with Crippen LogP contribution in [0.1, 0.15) is 44.7 Å². The Labute approximate surface area is 176 Å². The quantitative estimate of drug-likeness (QED) is 0.638. The lowest BCUT2D eigenvalue weighted by Gasteiger charge is -2.34. The third-order valence-corrected chi connectivity index (χ3v) is 7.30. The largest absolute Gasteiger partial charge is 0.511 e. The molecule has 1 aliphatic heterocycles. The van der Waals surface area contributed by atoms with Crippen LogP contribution in [0.15, 0.2) is 60.9 Å². The molecule has 4 nitrogen and oxygen atoms in total. The van der Waals surface area contributed by atoms with Crippen LogP contribution in [-0.2, 0) is 4.74 Å². The molecule has 0 bridgehead atoms. The number of nitrogens with zero attached hydrogens (tertiary/aromatic N) is 1. The van der Waals surface area contributed by atoms with Gasteiger partial charge in [0.05, 0.1) is 4.87 Å². The van der Waals surface area contributed by atoms with Gasteiger partial charge in [0, 0.05) is 10.7 Å². The summed E-state index contributed by atoms with van der Waals surface area (Å²) in [5, 5.41) is 10.2. The van der Waals surface area contributed by atoms with Gasteiger partial charge in [0.1, 0.15) is 18.4 Å². The molecule has 0 unspecified atom stereocenters. The Bertz CT molecular complexity index is 936. The highest BCUT2D eigenvalue weighted by molar-refractivity contribution is 8.02. The van der Waals surface area contributed by atoms with Crippen LogP contribution in [-0.4, -0.2) is 38.4 Å². The van der Waals surface area contributed by atoms with Crippen molar-refractivity contribution in [3.63, 3.8) is 0 Å². The summed E-state index contributed by atoms with van der Waals surface area (Å²) in [7, 11) is 0. The normalized spacial score (nSPS) is 21.5. The summed E-state index contributed by atoms with van der Waals surface area (Å²) in [5.74, 6) is -0.00455. The summed E-state index contributed by atoms with van der Waals surface area (Å²) in [6.45, 7) is 12.0. The number of ether oxygens (including phenoxy) is 1. The van der Waals surface area contributed by atoms with E-state index in [0.29, 0.717) is 0 Å². The maximum Gasteiger partial charge on any atom is 0.411 e. The molecule has 1 fully saturated rings. The Balaban J connectivity index is 1.60. The highest BCUT2D eigenvalue weighted by Gasteiger charge is 2.56. The fourth-order valence-electron chi connectivity index (χ4n) is 4.91. The molecule has 2 aromatic carbocycles. The van der Waals surface area contributed by atoms with Crippen molar-refractivity contribution < 1.29 is 14.6 Å². The molecule has 5 heteroatoms. The molecule has 1 aliphatic carbocycles. The first-order valence-electron chi connectivity index (χ1n) is 9.86. The highest BCUT2D eigenvalue weighted by atomic mass is 32.2. The Morgan fingerprint density at radius 2 is 1.59 bits per heavy atom. The first-order valence-corrected chi connectivity index (χ1v) is 10.7. The number of aliphatic hydroxyl groups is 1. The number of rotatable bonds is 3. The number of hydrogen-bond acceptors (Lipinski definition) is 4. The van der Waals surface area contributed by atoms with E-state index in [4.69, 9.17) is 4.74 Å². The van der Waals surface area contributed by atoms with Crippen molar-refractivity contribution in [1.82, 2.24) is 4.90 Å². The van der Waals surface area contributed by atoms with Gasteiger partial charge in [-0.1, -0.05) is 55.1 Å². The summed E-state index contributed by atoms with van der Waals surface area (Å²) < 4.78 is 5.49. The van der Waals surface area contributed by atoms with E-state index in [2.05, 4.69) is 30.8 Å². The van der Waals surface area contributed by atoms with Crippen LogP contribution in [0.25, 0.3) is 11.1 Å². The fourth-order valence-corrected chi connectivity index (χ4v) is 6.83. The summed E-state index contributed by atoms with van der Waals surface area (Å²) in [6, 6.07) is 16.0. The molecule has 0 saturated carbocycles. The minimum absolute atomic E-state index is 0.00788. The number of hydrogen-bond donors (Lipinski definition) is 1. The summed E-state index contributed by atoms with van der Waals surface area (Å²) in [4.78, 5) is 14.3. The van der Waals surface area contributed by atoms with E-state index in [-0.39, 0.29) is 23.0 Å². The second kappa shape index (κ2) is 6.84. The molecule has 1 atom stereocenters. The molecule has 152 valence electrons. The molecule has 0 spiro atoms. The van der Waals surface area contributed by atoms with E-state index in [1.54, 1.807) is 16.7 Å². The van der Waals surface area contributed by atoms with Crippen molar-refractivity contribution in [2.24, 2.45) is 0 Å². The second-order valence-corrected chi connectivity index (χ2v) is 11.0. The second-order valence-electron chi connectivity index (χ2n) is 8.72. The number of fused-ring (bicyclic) bond motifs is 3. The third-order valence-electron chi connectivity index (χ3n) is 5.86. The first-order chi connectivity index (χ1) is 13.6. The van der Waals surface area contributed by atoms with Crippen molar-refractivity contribution >= 4 is 17.9 Å². The zero-order valence-corrected chi connectivity index (χ0v) is 18.1. The average molecular weight is 410 g/mol. The zero-order chi connectivity index (χ0) is 21.0. The monoisotopic (exact) mass is 409 g/mol. The lowest BCUT2D eigenvalue weighted by molar-refractivity contribution is 0.0632. The van der Waals surface area contributed by atoms with Crippen LogP contribution in [0.2, 0.25) is 0 Å². The predicted molar refractivity (Wildman–Crippen MR) is 118 cm³/mol. The molecule has 0 aromatic heterocycles. The zero-order valence-electron chi connectivity index (χ0n) is 17.3. The molecule has 29 heavy (non-hydrogen) atoms. The van der Waals surface area contributed by atoms with Crippen LogP contribution in [0.4, 0.5) is 4.79 Å². The van der Waals surface area contributed by atoms with Crippen molar-refractivity contribution in [1.29, 1.82) is 0 Å². The Morgan fingerprint density at radius 3 is 2.10 bits per heavy atom. The average Bonchev–Trinajstić information content (AvgIpc) is 3.07. The van der Waals surface area contributed by atoms with Gasteiger partial charge < -0.3 is 9.84 Å².